The fourth-order valence-electron chi connectivity index (χ4n) is 4.26. The first-order chi connectivity index (χ1) is 9.38. The van der Waals surface area contributed by atoms with Gasteiger partial charge in [-0.15, -0.1) is 0 Å². The molecule has 2 bridgehead atoms. The van der Waals surface area contributed by atoms with Crippen LogP contribution in [0.1, 0.15) is 57.6 Å². The van der Waals surface area contributed by atoms with E-state index >= 15 is 0 Å². The van der Waals surface area contributed by atoms with Crippen molar-refractivity contribution in [3.8, 4) is 0 Å². The van der Waals surface area contributed by atoms with Crippen molar-refractivity contribution < 1.29 is 5.11 Å². The highest BCUT2D eigenvalue weighted by Crippen LogP contribution is 2.50. The molecule has 0 aromatic heterocycles. The lowest BCUT2D eigenvalue weighted by molar-refractivity contribution is -0.0481. The molecule has 2 unspecified atom stereocenters. The SMILES string of the molecule is CC(C)(C)CCC1(O)C2CCC1Cc1ccccc1C2. The standard InChI is InChI=1S/C19H28O/c1-18(2,3)10-11-19(20)16-8-9-17(19)13-15-7-5-4-6-14(15)12-16/h4-7,16-17,20H,8-13H2,1-3H3. The molecule has 0 heterocycles. The van der Waals surface area contributed by atoms with Crippen LogP contribution in [0.5, 0.6) is 0 Å². The van der Waals surface area contributed by atoms with Crippen LogP contribution >= 0.6 is 0 Å². The van der Waals surface area contributed by atoms with Crippen LogP contribution in [-0.4, -0.2) is 10.7 Å². The van der Waals surface area contributed by atoms with Gasteiger partial charge in [-0.2, -0.15) is 0 Å². The van der Waals surface area contributed by atoms with Gasteiger partial charge in [-0.25, -0.2) is 0 Å². The maximum atomic E-state index is 11.4. The first-order valence-corrected chi connectivity index (χ1v) is 8.18. The molecule has 1 nitrogen and oxygen atoms in total. The molecule has 0 radical (unpaired) electrons. The Morgan fingerprint density at radius 2 is 1.55 bits per heavy atom. The number of rotatable bonds is 2. The third-order valence-corrected chi connectivity index (χ3v) is 5.60. The van der Waals surface area contributed by atoms with Gasteiger partial charge in [-0.1, -0.05) is 45.0 Å². The molecule has 2 aliphatic rings. The molecule has 1 aromatic carbocycles. The Balaban J connectivity index is 1.85. The van der Waals surface area contributed by atoms with Gasteiger partial charge in [0.05, 0.1) is 5.60 Å². The largest absolute Gasteiger partial charge is 0.389 e. The minimum Gasteiger partial charge on any atom is -0.389 e. The summed E-state index contributed by atoms with van der Waals surface area (Å²) in [7, 11) is 0. The zero-order valence-corrected chi connectivity index (χ0v) is 13.2. The molecule has 20 heavy (non-hydrogen) atoms. The number of hydrogen-bond donors (Lipinski definition) is 1. The van der Waals surface area contributed by atoms with E-state index in [1.54, 1.807) is 0 Å². The zero-order valence-electron chi connectivity index (χ0n) is 13.2. The summed E-state index contributed by atoms with van der Waals surface area (Å²) >= 11 is 0. The van der Waals surface area contributed by atoms with E-state index in [4.69, 9.17) is 0 Å². The van der Waals surface area contributed by atoms with Gasteiger partial charge >= 0.3 is 0 Å². The molecule has 0 saturated heterocycles. The Labute approximate surface area is 123 Å². The third-order valence-electron chi connectivity index (χ3n) is 5.60. The maximum absolute atomic E-state index is 11.4. The fraction of sp³-hybridized carbons (Fsp3) is 0.684. The highest BCUT2D eigenvalue weighted by atomic mass is 16.3. The Morgan fingerprint density at radius 3 is 2.00 bits per heavy atom. The van der Waals surface area contributed by atoms with Crippen molar-refractivity contribution >= 4 is 0 Å². The van der Waals surface area contributed by atoms with Gasteiger partial charge in [0.1, 0.15) is 0 Å². The topological polar surface area (TPSA) is 20.2 Å². The van der Waals surface area contributed by atoms with E-state index in [0.29, 0.717) is 17.3 Å². The van der Waals surface area contributed by atoms with Gasteiger partial charge in [0, 0.05) is 0 Å². The maximum Gasteiger partial charge on any atom is 0.0710 e. The van der Waals surface area contributed by atoms with Crippen molar-refractivity contribution in [1.29, 1.82) is 0 Å². The van der Waals surface area contributed by atoms with Crippen LogP contribution in [0.3, 0.4) is 0 Å². The van der Waals surface area contributed by atoms with Gasteiger partial charge in [0.2, 0.25) is 0 Å². The van der Waals surface area contributed by atoms with Crippen LogP contribution in [0.15, 0.2) is 24.3 Å². The van der Waals surface area contributed by atoms with E-state index in [1.807, 2.05) is 0 Å². The fourth-order valence-corrected chi connectivity index (χ4v) is 4.26. The summed E-state index contributed by atoms with van der Waals surface area (Å²) in [6, 6.07) is 8.82. The number of benzene rings is 1. The van der Waals surface area contributed by atoms with Gasteiger partial charge in [0.25, 0.3) is 0 Å². The Bertz CT molecular complexity index is 450. The molecule has 3 rings (SSSR count). The van der Waals surface area contributed by atoms with Gasteiger partial charge in [-0.3, -0.25) is 0 Å². The molecule has 1 fully saturated rings. The van der Waals surface area contributed by atoms with Gasteiger partial charge in [0.15, 0.2) is 0 Å². The lowest BCUT2D eigenvalue weighted by atomic mass is 9.75. The van der Waals surface area contributed by atoms with Crippen LogP contribution in [0.25, 0.3) is 0 Å². The summed E-state index contributed by atoms with van der Waals surface area (Å²) < 4.78 is 0. The lowest BCUT2D eigenvalue weighted by Gasteiger charge is -2.36. The van der Waals surface area contributed by atoms with Crippen molar-refractivity contribution in [3.05, 3.63) is 35.4 Å². The summed E-state index contributed by atoms with van der Waals surface area (Å²) in [5.41, 5.74) is 2.85. The third kappa shape index (κ3) is 2.53. The van der Waals surface area contributed by atoms with Crippen LogP contribution in [0.2, 0.25) is 0 Å². The van der Waals surface area contributed by atoms with Crippen LogP contribution in [-0.2, 0) is 12.8 Å². The normalized spacial score (nSPS) is 32.8. The predicted molar refractivity (Wildman–Crippen MR) is 83.7 cm³/mol. The second kappa shape index (κ2) is 4.87. The molecule has 2 aliphatic carbocycles. The predicted octanol–water partition coefficient (Wildman–Crippen LogP) is 4.37. The molecule has 1 saturated carbocycles. The summed E-state index contributed by atoms with van der Waals surface area (Å²) in [6.45, 7) is 6.84. The number of fused-ring (bicyclic) bond motifs is 3. The molecule has 0 aliphatic heterocycles. The molecule has 1 N–H and O–H groups in total. The quantitative estimate of drug-likeness (QED) is 0.847. The molecule has 0 amide bonds. The second-order valence-electron chi connectivity index (χ2n) is 8.20. The highest BCUT2D eigenvalue weighted by Gasteiger charge is 2.50. The minimum absolute atomic E-state index is 0.314. The van der Waals surface area contributed by atoms with Gasteiger partial charge < -0.3 is 5.11 Å². The van der Waals surface area contributed by atoms with Crippen molar-refractivity contribution in [1.82, 2.24) is 0 Å². The summed E-state index contributed by atoms with van der Waals surface area (Å²) in [5.74, 6) is 0.942. The molecular formula is C19H28O. The first-order valence-electron chi connectivity index (χ1n) is 8.18. The van der Waals surface area contributed by atoms with Gasteiger partial charge in [-0.05, 0) is 66.9 Å². The van der Waals surface area contributed by atoms with Crippen molar-refractivity contribution in [2.24, 2.45) is 17.3 Å². The molecule has 1 heteroatoms. The van der Waals surface area contributed by atoms with Crippen LogP contribution in [0, 0.1) is 17.3 Å². The van der Waals surface area contributed by atoms with Crippen LogP contribution in [0.4, 0.5) is 0 Å². The summed E-state index contributed by atoms with van der Waals surface area (Å²) in [6.07, 6.45) is 6.66. The smallest absolute Gasteiger partial charge is 0.0710 e. The minimum atomic E-state index is -0.424. The van der Waals surface area contributed by atoms with E-state index in [0.717, 1.165) is 25.7 Å². The van der Waals surface area contributed by atoms with Crippen molar-refractivity contribution in [2.75, 3.05) is 0 Å². The highest BCUT2D eigenvalue weighted by molar-refractivity contribution is 5.31. The number of aliphatic hydroxyl groups is 1. The molecule has 0 spiro atoms. The summed E-state index contributed by atoms with van der Waals surface area (Å²) in [4.78, 5) is 0. The van der Waals surface area contributed by atoms with E-state index in [-0.39, 0.29) is 0 Å². The number of hydrogen-bond acceptors (Lipinski definition) is 1. The van der Waals surface area contributed by atoms with E-state index in [9.17, 15) is 5.11 Å². The van der Waals surface area contributed by atoms with Crippen molar-refractivity contribution in [3.63, 3.8) is 0 Å². The van der Waals surface area contributed by atoms with E-state index < -0.39 is 5.60 Å². The zero-order chi connectivity index (χ0) is 14.4. The Kier molecular flexibility index (Phi) is 3.44. The summed E-state index contributed by atoms with van der Waals surface area (Å²) in [5, 5.41) is 11.4. The lowest BCUT2D eigenvalue weighted by Crippen LogP contribution is -2.41. The monoisotopic (exact) mass is 272 g/mol. The molecule has 110 valence electrons. The Hall–Kier alpha value is -0.820. The van der Waals surface area contributed by atoms with E-state index in [2.05, 4.69) is 45.0 Å². The second-order valence-corrected chi connectivity index (χ2v) is 8.20. The molecule has 2 atom stereocenters. The molecular weight excluding hydrogens is 244 g/mol. The Morgan fingerprint density at radius 1 is 1.05 bits per heavy atom. The first kappa shape index (κ1) is 14.1. The van der Waals surface area contributed by atoms with E-state index in [1.165, 1.54) is 24.0 Å². The average molecular weight is 272 g/mol. The average Bonchev–Trinajstić information content (AvgIpc) is 2.59. The van der Waals surface area contributed by atoms with Crippen molar-refractivity contribution in [2.45, 2.75) is 64.9 Å². The molecule has 1 aromatic rings. The van der Waals surface area contributed by atoms with Crippen LogP contribution < -0.4 is 0 Å².